The maximum Gasteiger partial charge on any atom is 0.309 e. The van der Waals surface area contributed by atoms with Gasteiger partial charge in [-0.2, -0.15) is 0 Å². The molecule has 0 bridgehead atoms. The number of alkyl halides is 4. The number of halogens is 4. The summed E-state index contributed by atoms with van der Waals surface area (Å²) in [6.07, 6.45) is 4.79. The molecule has 0 radical (unpaired) electrons. The van der Waals surface area contributed by atoms with Crippen LogP contribution >= 0.6 is 46.4 Å². The van der Waals surface area contributed by atoms with E-state index in [0.717, 1.165) is 25.7 Å². The summed E-state index contributed by atoms with van der Waals surface area (Å²) in [5.41, 5.74) is -0.936. The summed E-state index contributed by atoms with van der Waals surface area (Å²) in [4.78, 5) is 10.8. The van der Waals surface area contributed by atoms with Crippen LogP contribution < -0.4 is 0 Å². The molecule has 0 amide bonds. The minimum atomic E-state index is -0.810. The fourth-order valence-electron chi connectivity index (χ4n) is 6.55. The van der Waals surface area contributed by atoms with E-state index in [1.165, 1.54) is 0 Å². The lowest BCUT2D eigenvalue weighted by Crippen LogP contribution is -2.70. The molecule has 0 aliphatic heterocycles. The van der Waals surface area contributed by atoms with Crippen LogP contribution in [-0.2, 0) is 4.79 Å². The van der Waals surface area contributed by atoms with Crippen molar-refractivity contribution in [3.63, 3.8) is 0 Å². The fraction of sp³-hybridized carbons (Fsp3) is 0.950. The van der Waals surface area contributed by atoms with Gasteiger partial charge in [0.1, 0.15) is 0 Å². The predicted molar refractivity (Wildman–Crippen MR) is 110 cm³/mol. The molecule has 150 valence electrons. The average Bonchev–Trinajstić information content (AvgIpc) is 2.54. The minimum absolute atomic E-state index is 0.00590. The van der Waals surface area contributed by atoms with E-state index in [-0.39, 0.29) is 28.5 Å². The number of carboxylic acid groups (broad SMARTS) is 1. The van der Waals surface area contributed by atoms with Crippen molar-refractivity contribution >= 4 is 52.4 Å². The van der Waals surface area contributed by atoms with E-state index in [1.807, 2.05) is 6.92 Å². The monoisotopic (exact) mass is 442 g/mol. The number of aliphatic carboxylic acids is 1. The highest BCUT2D eigenvalue weighted by Crippen LogP contribution is 2.69. The molecule has 0 saturated heterocycles. The van der Waals surface area contributed by atoms with Crippen LogP contribution in [0, 0.1) is 28.6 Å². The lowest BCUT2D eigenvalue weighted by Gasteiger charge is -2.66. The average molecular weight is 444 g/mol. The van der Waals surface area contributed by atoms with Gasteiger partial charge in [0.2, 0.25) is 0 Å². The fourth-order valence-corrected chi connectivity index (χ4v) is 8.73. The first-order valence-corrected chi connectivity index (χ1v) is 11.4. The van der Waals surface area contributed by atoms with Gasteiger partial charge in [-0.25, -0.2) is 0 Å². The number of hydrogen-bond donors (Lipinski definition) is 1. The number of carbonyl (C=O) groups is 1. The zero-order valence-corrected chi connectivity index (χ0v) is 19.0. The van der Waals surface area contributed by atoms with Gasteiger partial charge in [0.05, 0.1) is 25.9 Å². The second-order valence-electron chi connectivity index (χ2n) is 9.70. The quantitative estimate of drug-likeness (QED) is 0.493. The van der Waals surface area contributed by atoms with E-state index in [4.69, 9.17) is 46.4 Å². The molecular formula is C20H30Cl4O2. The van der Waals surface area contributed by atoms with Crippen LogP contribution in [0.15, 0.2) is 0 Å². The molecule has 6 heteroatoms. The summed E-state index contributed by atoms with van der Waals surface area (Å²) < 4.78 is 0. The Bertz CT molecular complexity index is 598. The second-order valence-corrected chi connectivity index (χ2v) is 12.0. The van der Waals surface area contributed by atoms with E-state index < -0.39 is 26.5 Å². The van der Waals surface area contributed by atoms with Gasteiger partial charge in [-0.05, 0) is 62.2 Å². The van der Waals surface area contributed by atoms with Crippen LogP contribution in [-0.4, -0.2) is 31.6 Å². The molecular weight excluding hydrogens is 414 g/mol. The van der Waals surface area contributed by atoms with Gasteiger partial charge in [-0.15, -0.1) is 46.4 Å². The van der Waals surface area contributed by atoms with Gasteiger partial charge >= 0.3 is 5.97 Å². The lowest BCUT2D eigenvalue weighted by molar-refractivity contribution is -0.170. The lowest BCUT2D eigenvalue weighted by atomic mass is 9.43. The van der Waals surface area contributed by atoms with Crippen molar-refractivity contribution < 1.29 is 9.90 Å². The van der Waals surface area contributed by atoms with Crippen molar-refractivity contribution in [2.24, 2.45) is 28.6 Å². The Kier molecular flexibility index (Phi) is 5.40. The molecule has 0 aromatic carbocycles. The van der Waals surface area contributed by atoms with E-state index in [0.29, 0.717) is 12.8 Å². The summed E-state index contributed by atoms with van der Waals surface area (Å²) >= 11 is 28.2. The maximum atomic E-state index is 12.2. The van der Waals surface area contributed by atoms with Crippen molar-refractivity contribution in [2.75, 3.05) is 0 Å². The van der Waals surface area contributed by atoms with Gasteiger partial charge in [0.25, 0.3) is 0 Å². The smallest absolute Gasteiger partial charge is 0.309 e. The molecule has 8 atom stereocenters. The summed E-state index contributed by atoms with van der Waals surface area (Å²) in [6.45, 7) is 8.29. The van der Waals surface area contributed by atoms with Crippen LogP contribution in [0.1, 0.15) is 66.2 Å². The zero-order chi connectivity index (χ0) is 19.7. The van der Waals surface area contributed by atoms with Crippen LogP contribution in [0.5, 0.6) is 0 Å². The maximum absolute atomic E-state index is 12.2. The van der Waals surface area contributed by atoms with Crippen molar-refractivity contribution in [1.29, 1.82) is 0 Å². The molecule has 3 fully saturated rings. The van der Waals surface area contributed by atoms with Gasteiger partial charge in [-0.3, -0.25) is 4.79 Å². The van der Waals surface area contributed by atoms with Crippen LogP contribution in [0.25, 0.3) is 0 Å². The topological polar surface area (TPSA) is 37.3 Å². The third-order valence-corrected chi connectivity index (χ3v) is 11.5. The highest BCUT2D eigenvalue weighted by Gasteiger charge is 2.70. The molecule has 26 heavy (non-hydrogen) atoms. The minimum Gasteiger partial charge on any atom is -0.481 e. The molecule has 0 heterocycles. The normalized spacial score (nSPS) is 54.5. The van der Waals surface area contributed by atoms with Crippen LogP contribution in [0.4, 0.5) is 0 Å². The van der Waals surface area contributed by atoms with Crippen molar-refractivity contribution in [1.82, 2.24) is 0 Å². The summed E-state index contributed by atoms with van der Waals surface area (Å²) in [7, 11) is 0. The number of hydrogen-bond acceptors (Lipinski definition) is 1. The Labute approximate surface area is 177 Å². The molecule has 2 nitrogen and oxygen atoms in total. The molecule has 3 rings (SSSR count). The van der Waals surface area contributed by atoms with E-state index >= 15 is 0 Å². The Morgan fingerprint density at radius 1 is 1.08 bits per heavy atom. The molecule has 0 spiro atoms. The Balaban J connectivity index is 2.08. The molecule has 0 aromatic heterocycles. The predicted octanol–water partition coefficient (Wildman–Crippen LogP) is 6.52. The molecule has 3 aliphatic carbocycles. The molecule has 3 aliphatic rings. The Morgan fingerprint density at radius 2 is 1.69 bits per heavy atom. The third-order valence-electron chi connectivity index (χ3n) is 8.30. The van der Waals surface area contributed by atoms with Crippen LogP contribution in [0.3, 0.4) is 0 Å². The first kappa shape index (κ1) is 21.3. The molecule has 0 aromatic rings. The Morgan fingerprint density at radius 3 is 2.23 bits per heavy atom. The first-order chi connectivity index (χ1) is 11.8. The van der Waals surface area contributed by atoms with Gasteiger partial charge in [0.15, 0.2) is 0 Å². The largest absolute Gasteiger partial charge is 0.481 e. The SMILES string of the molecule is CC(C)[C@]1(Cl)CCC2[C@](Cl)([C@H](Cl)C[C@@H]3[C@](C)(C(=O)O)CCC[C@@]23C)[C@H]1Cl. The van der Waals surface area contributed by atoms with Crippen molar-refractivity contribution in [3.05, 3.63) is 0 Å². The highest BCUT2D eigenvalue weighted by molar-refractivity contribution is 6.41. The van der Waals surface area contributed by atoms with Crippen molar-refractivity contribution in [2.45, 2.75) is 86.7 Å². The third kappa shape index (κ3) is 2.61. The molecule has 1 N–H and O–H groups in total. The summed E-state index contributed by atoms with van der Waals surface area (Å²) in [5.74, 6) is -0.448. The van der Waals surface area contributed by atoms with Gasteiger partial charge < -0.3 is 5.11 Å². The Hall–Kier alpha value is 0.630. The van der Waals surface area contributed by atoms with E-state index in [2.05, 4.69) is 20.8 Å². The summed E-state index contributed by atoms with van der Waals surface area (Å²) in [5, 5.41) is 9.15. The van der Waals surface area contributed by atoms with Crippen LogP contribution in [0.2, 0.25) is 0 Å². The van der Waals surface area contributed by atoms with Crippen molar-refractivity contribution in [3.8, 4) is 0 Å². The summed E-state index contributed by atoms with van der Waals surface area (Å²) in [6, 6.07) is 0. The second kappa shape index (κ2) is 6.57. The molecule has 3 saturated carbocycles. The number of carboxylic acids is 1. The molecule has 1 unspecified atom stereocenters. The zero-order valence-electron chi connectivity index (χ0n) is 16.0. The van der Waals surface area contributed by atoms with E-state index in [1.54, 1.807) is 0 Å². The first-order valence-electron chi connectivity index (χ1n) is 9.74. The van der Waals surface area contributed by atoms with Gasteiger partial charge in [-0.1, -0.05) is 27.2 Å². The van der Waals surface area contributed by atoms with E-state index in [9.17, 15) is 9.90 Å². The highest BCUT2D eigenvalue weighted by atomic mass is 35.5. The van der Waals surface area contributed by atoms with Gasteiger partial charge in [0, 0.05) is 0 Å². The standard InChI is InChI=1S/C20H30Cl4O2/c1-11(2)19(23)9-6-12-17(3)7-5-8-18(4,16(25)26)13(17)10-14(21)20(12,24)15(19)22/h11-15H,5-10H2,1-4H3,(H,25,26)/t12?,13-,14+,15-,17-,18+,19+,20-/m0/s1. The number of rotatable bonds is 2. The number of fused-ring (bicyclic) bond motifs is 3.